The van der Waals surface area contributed by atoms with E-state index in [1.807, 2.05) is 53.9 Å². The van der Waals surface area contributed by atoms with E-state index in [1.54, 1.807) is 24.3 Å². The Balaban J connectivity index is 1.73. The number of hydrogen-bond donors (Lipinski definition) is 0. The van der Waals surface area contributed by atoms with Crippen molar-refractivity contribution in [2.75, 3.05) is 0 Å². The van der Waals surface area contributed by atoms with E-state index in [4.69, 9.17) is 4.74 Å². The van der Waals surface area contributed by atoms with E-state index in [1.165, 1.54) is 30.2 Å². The van der Waals surface area contributed by atoms with Crippen LogP contribution in [-0.2, 0) is 9.53 Å². The van der Waals surface area contributed by atoms with Gasteiger partial charge >= 0.3 is 0 Å². The predicted molar refractivity (Wildman–Crippen MR) is 131 cm³/mol. The number of benzene rings is 2. The maximum atomic E-state index is 13.5. The third-order valence-corrected chi connectivity index (χ3v) is 6.36. The number of carbonyl (C=O) groups is 3. The fraction of sp³-hybridized carbons (Fsp3) is 0.115. The number of nitrogens with zero attached hydrogens (tertiary/aromatic N) is 4. The molecule has 1 atom stereocenters. The molecule has 2 aromatic heterocycles. The molecule has 0 saturated heterocycles. The zero-order chi connectivity index (χ0) is 24.5. The molecule has 0 spiro atoms. The second kappa shape index (κ2) is 9.11. The predicted octanol–water partition coefficient (Wildman–Crippen LogP) is 4.74. The van der Waals surface area contributed by atoms with Gasteiger partial charge in [0.15, 0.2) is 0 Å². The first kappa shape index (κ1) is 22.4. The van der Waals surface area contributed by atoms with E-state index in [0.29, 0.717) is 16.7 Å². The summed E-state index contributed by atoms with van der Waals surface area (Å²) in [6.45, 7) is 2.73. The lowest BCUT2D eigenvalue weighted by Gasteiger charge is -2.17. The van der Waals surface area contributed by atoms with Gasteiger partial charge in [0.25, 0.3) is 5.90 Å². The van der Waals surface area contributed by atoms with Crippen LogP contribution in [0.4, 0.5) is 0 Å². The highest BCUT2D eigenvalue weighted by molar-refractivity contribution is 7.10. The molecule has 1 aliphatic heterocycles. The Hall–Kier alpha value is -4.37. The molecule has 4 aromatic rings. The molecule has 0 radical (unpaired) electrons. The smallest absolute Gasteiger partial charge is 0.260 e. The largest absolute Gasteiger partial charge is 0.444 e. The molecule has 2 aromatic carbocycles. The summed E-state index contributed by atoms with van der Waals surface area (Å²) in [6.07, 6.45) is -0.783. The maximum absolute atomic E-state index is 13.5. The molecule has 1 amide bonds. The van der Waals surface area contributed by atoms with E-state index in [0.717, 1.165) is 9.56 Å². The summed E-state index contributed by atoms with van der Waals surface area (Å²) in [5, 5.41) is 12.0. The van der Waals surface area contributed by atoms with Crippen molar-refractivity contribution in [1.82, 2.24) is 14.8 Å². The summed E-state index contributed by atoms with van der Waals surface area (Å²) in [4.78, 5) is 39.4. The second-order valence-electron chi connectivity index (χ2n) is 7.82. The molecule has 0 fully saturated rings. The Labute approximate surface area is 205 Å². The standard InChI is InChI=1S/C26H20N4O4S/c1-16(31)29-23(25-28-30(17(2)32)26(34-25)20-14-9-15-35-20)21(18-10-5-3-6-11-18)22(27-29)24(33)19-12-7-4-8-13-19/h3-15,26H,1-2H3. The number of ether oxygens (including phenoxy) is 1. The lowest BCUT2D eigenvalue weighted by molar-refractivity contribution is -0.135. The Morgan fingerprint density at radius 2 is 1.57 bits per heavy atom. The van der Waals surface area contributed by atoms with E-state index in [9.17, 15) is 14.4 Å². The van der Waals surface area contributed by atoms with Crippen LogP contribution in [0.1, 0.15) is 51.5 Å². The second-order valence-corrected chi connectivity index (χ2v) is 8.80. The third-order valence-electron chi connectivity index (χ3n) is 5.45. The molecular weight excluding hydrogens is 464 g/mol. The van der Waals surface area contributed by atoms with Crippen LogP contribution >= 0.6 is 11.3 Å². The molecule has 0 saturated carbocycles. The first-order valence-corrected chi connectivity index (χ1v) is 11.7. The molecule has 0 bridgehead atoms. The van der Waals surface area contributed by atoms with Gasteiger partial charge in [0.05, 0.1) is 4.88 Å². The minimum atomic E-state index is -0.783. The fourth-order valence-electron chi connectivity index (χ4n) is 3.89. The molecule has 0 aliphatic carbocycles. The van der Waals surface area contributed by atoms with Gasteiger partial charge < -0.3 is 4.74 Å². The van der Waals surface area contributed by atoms with Crippen LogP contribution in [0.3, 0.4) is 0 Å². The van der Waals surface area contributed by atoms with Crippen LogP contribution in [0.15, 0.2) is 83.3 Å². The molecule has 1 aliphatic rings. The van der Waals surface area contributed by atoms with E-state index in [2.05, 4.69) is 10.2 Å². The van der Waals surface area contributed by atoms with Crippen molar-refractivity contribution in [3.8, 4) is 11.1 Å². The molecule has 174 valence electrons. The quantitative estimate of drug-likeness (QED) is 0.382. The topological polar surface area (TPSA) is 93.9 Å². The zero-order valence-electron chi connectivity index (χ0n) is 18.9. The highest BCUT2D eigenvalue weighted by Crippen LogP contribution is 2.37. The summed E-state index contributed by atoms with van der Waals surface area (Å²) < 4.78 is 7.28. The first-order chi connectivity index (χ1) is 17.0. The monoisotopic (exact) mass is 484 g/mol. The van der Waals surface area contributed by atoms with Gasteiger partial charge in [-0.15, -0.1) is 16.4 Å². The molecule has 1 unspecified atom stereocenters. The van der Waals surface area contributed by atoms with Crippen LogP contribution in [0, 0.1) is 0 Å². The average molecular weight is 485 g/mol. The van der Waals surface area contributed by atoms with Crippen molar-refractivity contribution < 1.29 is 19.1 Å². The Morgan fingerprint density at radius 1 is 0.886 bits per heavy atom. The molecule has 35 heavy (non-hydrogen) atoms. The van der Waals surface area contributed by atoms with Gasteiger partial charge in [-0.1, -0.05) is 66.7 Å². The van der Waals surface area contributed by atoms with Crippen LogP contribution in [0.5, 0.6) is 0 Å². The number of amides is 1. The van der Waals surface area contributed by atoms with E-state index in [-0.39, 0.29) is 29.0 Å². The van der Waals surface area contributed by atoms with Crippen molar-refractivity contribution in [3.63, 3.8) is 0 Å². The van der Waals surface area contributed by atoms with Crippen molar-refractivity contribution in [2.24, 2.45) is 5.10 Å². The molecule has 0 N–H and O–H groups in total. The van der Waals surface area contributed by atoms with E-state index >= 15 is 0 Å². The zero-order valence-corrected chi connectivity index (χ0v) is 19.7. The van der Waals surface area contributed by atoms with Crippen molar-refractivity contribution in [1.29, 1.82) is 0 Å². The molecular formula is C26H20N4O4S. The minimum Gasteiger partial charge on any atom is -0.444 e. The summed E-state index contributed by atoms with van der Waals surface area (Å²) in [7, 11) is 0. The summed E-state index contributed by atoms with van der Waals surface area (Å²) >= 11 is 1.42. The number of ketones is 1. The molecule has 5 rings (SSSR count). The van der Waals surface area contributed by atoms with Crippen LogP contribution in [0.25, 0.3) is 11.1 Å². The van der Waals surface area contributed by atoms with Gasteiger partial charge in [-0.25, -0.2) is 0 Å². The number of rotatable bonds is 5. The number of hydrazone groups is 1. The Kier molecular flexibility index (Phi) is 5.84. The average Bonchev–Trinajstić information content (AvgIpc) is 3.62. The molecule has 3 heterocycles. The number of hydrogen-bond acceptors (Lipinski definition) is 7. The number of carbonyl (C=O) groups excluding carboxylic acids is 3. The highest BCUT2D eigenvalue weighted by atomic mass is 32.1. The maximum Gasteiger partial charge on any atom is 0.260 e. The minimum absolute atomic E-state index is 0.0345. The van der Waals surface area contributed by atoms with Crippen molar-refractivity contribution in [2.45, 2.75) is 20.1 Å². The molecule has 8 nitrogen and oxygen atoms in total. The van der Waals surface area contributed by atoms with Gasteiger partial charge in [0.1, 0.15) is 11.4 Å². The van der Waals surface area contributed by atoms with Crippen molar-refractivity contribution >= 4 is 34.8 Å². The summed E-state index contributed by atoms with van der Waals surface area (Å²) in [6, 6.07) is 21.6. The first-order valence-electron chi connectivity index (χ1n) is 10.8. The number of aromatic nitrogens is 2. The van der Waals surface area contributed by atoms with Gasteiger partial charge in [-0.2, -0.15) is 14.8 Å². The van der Waals surface area contributed by atoms with Gasteiger partial charge in [0, 0.05) is 25.0 Å². The molecule has 9 heteroatoms. The van der Waals surface area contributed by atoms with Gasteiger partial charge in [-0.05, 0) is 17.0 Å². The summed E-state index contributed by atoms with van der Waals surface area (Å²) in [5.41, 5.74) is 1.81. The Morgan fingerprint density at radius 3 is 2.17 bits per heavy atom. The van der Waals surface area contributed by atoms with E-state index < -0.39 is 12.1 Å². The van der Waals surface area contributed by atoms with Gasteiger partial charge in [-0.3, -0.25) is 14.4 Å². The van der Waals surface area contributed by atoms with Crippen LogP contribution < -0.4 is 0 Å². The van der Waals surface area contributed by atoms with Crippen LogP contribution in [0.2, 0.25) is 0 Å². The lowest BCUT2D eigenvalue weighted by Crippen LogP contribution is -2.24. The fourth-order valence-corrected chi connectivity index (χ4v) is 4.62. The lowest BCUT2D eigenvalue weighted by atomic mass is 9.98. The Bertz CT molecular complexity index is 1440. The normalized spacial score (nSPS) is 15.0. The van der Waals surface area contributed by atoms with Crippen LogP contribution in [-0.4, -0.2) is 38.3 Å². The number of thiophene rings is 1. The van der Waals surface area contributed by atoms with Gasteiger partial charge in [0.2, 0.25) is 23.8 Å². The van der Waals surface area contributed by atoms with Crippen molar-refractivity contribution in [3.05, 3.63) is 100 Å². The highest BCUT2D eigenvalue weighted by Gasteiger charge is 2.38. The third kappa shape index (κ3) is 4.06. The SMILES string of the molecule is CC(=O)N1N=C(c2c(-c3ccccc3)c(C(=O)c3ccccc3)nn2C(C)=O)OC1c1cccs1. The summed E-state index contributed by atoms with van der Waals surface area (Å²) in [5.74, 6) is -1.06.